The standard InChI is InChI=1S/C45H55FN2O3/c1-9-23-50-35-20-21-36(31(7)25-35)39-27-41(51-24-22-28(39)4)42(45(49)47-11-3)37-16-13-15-34-19-18-29(5)44(48-40(34)26-30(6)32(37)8)38-17-12-14-33(10-2)43(38)46/h10,12,14-15,17,20-21,25-27,32,37,42H,2,9,11,13,16,18-19,22-24H2,1,3-8H3,(H,47,49). The fraction of sp³-hybridized carbons (Fsp3) is 0.422. The van der Waals surface area contributed by atoms with E-state index in [-0.39, 0.29) is 23.6 Å². The molecule has 0 fully saturated rings. The number of ether oxygens (including phenoxy) is 2. The number of aryl methyl sites for hydroxylation is 1. The second kappa shape index (κ2) is 17.2. The number of carbonyl (C=O) groups excluding carboxylic acids is 1. The maximum atomic E-state index is 15.6. The molecule has 0 aromatic heterocycles. The van der Waals surface area contributed by atoms with Crippen molar-refractivity contribution in [3.05, 3.63) is 117 Å². The van der Waals surface area contributed by atoms with Gasteiger partial charge in [0.1, 0.15) is 17.3 Å². The number of aliphatic imine (C=N–C) groups is 1. The number of benzene rings is 2. The molecule has 1 aliphatic carbocycles. The van der Waals surface area contributed by atoms with Gasteiger partial charge in [-0.2, -0.15) is 0 Å². The molecule has 270 valence electrons. The Hall–Kier alpha value is -4.45. The predicted octanol–water partition coefficient (Wildman–Crippen LogP) is 11.0. The molecule has 2 aliphatic heterocycles. The lowest BCUT2D eigenvalue weighted by atomic mass is 9.74. The molecule has 1 N–H and O–H groups in total. The van der Waals surface area contributed by atoms with Crippen LogP contribution in [0.5, 0.6) is 5.75 Å². The van der Waals surface area contributed by atoms with Crippen LogP contribution in [0.2, 0.25) is 0 Å². The van der Waals surface area contributed by atoms with Crippen LogP contribution in [-0.4, -0.2) is 31.4 Å². The van der Waals surface area contributed by atoms with Gasteiger partial charge >= 0.3 is 0 Å². The fourth-order valence-electron chi connectivity index (χ4n) is 7.53. The molecule has 2 aromatic carbocycles. The summed E-state index contributed by atoms with van der Waals surface area (Å²) in [6.07, 6.45) is 13.1. The van der Waals surface area contributed by atoms with Gasteiger partial charge in [-0.15, -0.1) is 0 Å². The number of rotatable bonds is 10. The fourth-order valence-corrected chi connectivity index (χ4v) is 7.53. The molecule has 3 atom stereocenters. The second-order valence-electron chi connectivity index (χ2n) is 14.2. The van der Waals surface area contributed by atoms with Gasteiger partial charge in [0.2, 0.25) is 5.91 Å². The van der Waals surface area contributed by atoms with Gasteiger partial charge in [-0.3, -0.25) is 4.79 Å². The maximum Gasteiger partial charge on any atom is 0.231 e. The number of hydrogen-bond donors (Lipinski definition) is 1. The minimum absolute atomic E-state index is 0.00999. The summed E-state index contributed by atoms with van der Waals surface area (Å²) in [6, 6.07) is 11.7. The van der Waals surface area contributed by atoms with E-state index < -0.39 is 5.92 Å². The van der Waals surface area contributed by atoms with Crippen molar-refractivity contribution in [2.45, 2.75) is 87.0 Å². The first-order chi connectivity index (χ1) is 24.6. The van der Waals surface area contributed by atoms with E-state index in [4.69, 9.17) is 14.5 Å². The molecule has 0 saturated carbocycles. The van der Waals surface area contributed by atoms with E-state index in [2.05, 4.69) is 83.8 Å². The molecule has 1 amide bonds. The summed E-state index contributed by atoms with van der Waals surface area (Å²) in [5, 5.41) is 3.15. The van der Waals surface area contributed by atoms with Gasteiger partial charge < -0.3 is 14.8 Å². The Bertz CT molecular complexity index is 1840. The Morgan fingerprint density at radius 3 is 2.61 bits per heavy atom. The van der Waals surface area contributed by atoms with Crippen molar-refractivity contribution in [1.82, 2.24) is 5.32 Å². The number of amides is 1. The molecule has 0 spiro atoms. The topological polar surface area (TPSA) is 59.9 Å². The zero-order chi connectivity index (χ0) is 36.7. The normalized spacial score (nSPS) is 20.5. The number of hydrogen-bond acceptors (Lipinski definition) is 4. The molecule has 6 heteroatoms. The number of carbonyl (C=O) groups is 1. The summed E-state index contributed by atoms with van der Waals surface area (Å²) >= 11 is 0. The molecule has 3 unspecified atom stereocenters. The monoisotopic (exact) mass is 690 g/mol. The Balaban J connectivity index is 1.56. The van der Waals surface area contributed by atoms with Crippen LogP contribution in [0, 0.1) is 30.5 Å². The lowest BCUT2D eigenvalue weighted by molar-refractivity contribution is -0.127. The molecule has 3 aliphatic rings. The van der Waals surface area contributed by atoms with Crippen LogP contribution in [0.1, 0.15) is 102 Å². The van der Waals surface area contributed by atoms with Crippen LogP contribution >= 0.6 is 0 Å². The van der Waals surface area contributed by atoms with Gasteiger partial charge in [-0.1, -0.05) is 61.9 Å². The summed E-state index contributed by atoms with van der Waals surface area (Å²) in [5.74, 6) is 0.830. The largest absolute Gasteiger partial charge is 0.497 e. The van der Waals surface area contributed by atoms with Crippen LogP contribution in [0.3, 0.4) is 0 Å². The van der Waals surface area contributed by atoms with Crippen LogP contribution < -0.4 is 10.1 Å². The van der Waals surface area contributed by atoms with Crippen molar-refractivity contribution in [2.24, 2.45) is 22.7 Å². The third-order valence-electron chi connectivity index (χ3n) is 10.7. The van der Waals surface area contributed by atoms with Crippen molar-refractivity contribution in [1.29, 1.82) is 0 Å². The van der Waals surface area contributed by atoms with Gasteiger partial charge in [0.05, 0.1) is 30.5 Å². The highest BCUT2D eigenvalue weighted by atomic mass is 19.1. The maximum absolute atomic E-state index is 15.6. The van der Waals surface area contributed by atoms with Gasteiger partial charge in [0.15, 0.2) is 0 Å². The van der Waals surface area contributed by atoms with E-state index >= 15 is 4.39 Å². The first kappa shape index (κ1) is 37.8. The summed E-state index contributed by atoms with van der Waals surface area (Å²) in [7, 11) is 0. The summed E-state index contributed by atoms with van der Waals surface area (Å²) in [5.41, 5.74) is 10.5. The number of fused-ring (bicyclic) bond motifs is 1. The third kappa shape index (κ3) is 8.54. The first-order valence-corrected chi connectivity index (χ1v) is 18.7. The molecular weight excluding hydrogens is 636 g/mol. The van der Waals surface area contributed by atoms with Gasteiger partial charge in [-0.25, -0.2) is 9.38 Å². The minimum atomic E-state index is -0.478. The molecule has 0 bridgehead atoms. The number of allylic oxidation sites excluding steroid dienone is 7. The van der Waals surface area contributed by atoms with Gasteiger partial charge in [0.25, 0.3) is 0 Å². The molecule has 0 radical (unpaired) electrons. The van der Waals surface area contributed by atoms with Gasteiger partial charge in [-0.05, 0) is 137 Å². The van der Waals surface area contributed by atoms with Crippen molar-refractivity contribution < 1.29 is 18.7 Å². The van der Waals surface area contributed by atoms with Crippen LogP contribution in [0.25, 0.3) is 17.3 Å². The zero-order valence-electron chi connectivity index (χ0n) is 31.6. The molecule has 0 saturated heterocycles. The van der Waals surface area contributed by atoms with E-state index in [0.29, 0.717) is 36.6 Å². The Labute approximate surface area is 304 Å². The zero-order valence-corrected chi connectivity index (χ0v) is 31.6. The highest BCUT2D eigenvalue weighted by Gasteiger charge is 2.38. The molecular formula is C45H55FN2O3. The summed E-state index contributed by atoms with van der Waals surface area (Å²) < 4.78 is 28.1. The van der Waals surface area contributed by atoms with E-state index in [1.165, 1.54) is 11.1 Å². The highest BCUT2D eigenvalue weighted by Crippen LogP contribution is 2.41. The van der Waals surface area contributed by atoms with E-state index in [1.807, 2.05) is 25.1 Å². The summed E-state index contributed by atoms with van der Waals surface area (Å²) in [6.45, 7) is 20.3. The van der Waals surface area contributed by atoms with E-state index in [9.17, 15) is 4.79 Å². The van der Waals surface area contributed by atoms with Crippen LogP contribution in [0.4, 0.5) is 4.39 Å². The van der Waals surface area contributed by atoms with Crippen molar-refractivity contribution >= 4 is 29.0 Å². The average Bonchev–Trinajstić information content (AvgIpc) is 3.37. The molecule has 2 heterocycles. The number of nitrogens with zero attached hydrogens (tertiary/aromatic N) is 1. The Kier molecular flexibility index (Phi) is 12.7. The molecule has 5 nitrogen and oxygen atoms in total. The summed E-state index contributed by atoms with van der Waals surface area (Å²) in [4.78, 5) is 19.4. The van der Waals surface area contributed by atoms with Crippen molar-refractivity contribution in [3.8, 4) is 5.75 Å². The van der Waals surface area contributed by atoms with Gasteiger partial charge in [0, 0.05) is 24.1 Å². The van der Waals surface area contributed by atoms with E-state index in [1.54, 1.807) is 12.1 Å². The van der Waals surface area contributed by atoms with Crippen LogP contribution in [-0.2, 0) is 9.53 Å². The Morgan fingerprint density at radius 1 is 1.08 bits per heavy atom. The lowest BCUT2D eigenvalue weighted by Gasteiger charge is -2.33. The lowest BCUT2D eigenvalue weighted by Crippen LogP contribution is -2.39. The van der Waals surface area contributed by atoms with Crippen LogP contribution in [0.15, 0.2) is 94.2 Å². The highest BCUT2D eigenvalue weighted by molar-refractivity contribution is 6.11. The quantitative estimate of drug-likeness (QED) is 0.270. The average molecular weight is 691 g/mol. The molecule has 2 aromatic rings. The molecule has 51 heavy (non-hydrogen) atoms. The second-order valence-corrected chi connectivity index (χ2v) is 14.2. The Morgan fingerprint density at radius 2 is 1.88 bits per heavy atom. The first-order valence-electron chi connectivity index (χ1n) is 18.7. The molecule has 5 rings (SSSR count). The van der Waals surface area contributed by atoms with Crippen molar-refractivity contribution in [2.75, 3.05) is 19.8 Å². The SMILES string of the molecule is C=Cc1cccc(C2=C(C)CCC3=CCCC(C(C(=O)NCC)C4=CC(c5ccc(OCCC)cc5C)=C(C)CCO4)C(C)C(C)=CC3=N2)c1F. The number of halogens is 1. The number of nitrogens with one attached hydrogen (secondary N) is 1. The van der Waals surface area contributed by atoms with Crippen molar-refractivity contribution in [3.63, 3.8) is 0 Å². The predicted molar refractivity (Wildman–Crippen MR) is 210 cm³/mol. The minimum Gasteiger partial charge on any atom is -0.497 e. The van der Waals surface area contributed by atoms with E-state index in [0.717, 1.165) is 83.6 Å². The third-order valence-corrected chi connectivity index (χ3v) is 10.7. The smallest absolute Gasteiger partial charge is 0.231 e.